The Morgan fingerprint density at radius 3 is 2.58 bits per heavy atom. The van der Waals surface area contributed by atoms with E-state index in [4.69, 9.17) is 4.74 Å². The van der Waals surface area contributed by atoms with Crippen LogP contribution in [0.5, 0.6) is 5.75 Å². The van der Waals surface area contributed by atoms with Crippen LogP contribution in [0.1, 0.15) is 17.3 Å². The summed E-state index contributed by atoms with van der Waals surface area (Å²) in [5.41, 5.74) is 0.669. The average Bonchev–Trinajstić information content (AvgIpc) is 2.83. The van der Waals surface area contributed by atoms with Crippen LogP contribution in [-0.4, -0.2) is 32.9 Å². The molecular formula is C13H15N3O2S. The van der Waals surface area contributed by atoms with Crippen LogP contribution in [0.2, 0.25) is 0 Å². The standard InChI is InChI=1S/C13H15N3O2S/c1-9(19-13-14-8-15-16(13)2)12(17)10-4-6-11(18-3)7-5-10/h4-9H,1-3H3. The minimum atomic E-state index is -0.212. The molecule has 0 fully saturated rings. The maximum absolute atomic E-state index is 12.3. The summed E-state index contributed by atoms with van der Waals surface area (Å²) in [6, 6.07) is 7.11. The minimum absolute atomic E-state index is 0.0654. The van der Waals surface area contributed by atoms with Gasteiger partial charge in [0.2, 0.25) is 0 Å². The lowest BCUT2D eigenvalue weighted by Gasteiger charge is -2.09. The largest absolute Gasteiger partial charge is 0.497 e. The Hall–Kier alpha value is -1.82. The second kappa shape index (κ2) is 5.88. The Balaban J connectivity index is 2.08. The van der Waals surface area contributed by atoms with Crippen LogP contribution in [0, 0.1) is 0 Å². The van der Waals surface area contributed by atoms with Crippen molar-refractivity contribution in [1.29, 1.82) is 0 Å². The zero-order valence-corrected chi connectivity index (χ0v) is 11.8. The highest BCUT2D eigenvalue weighted by Crippen LogP contribution is 2.23. The highest BCUT2D eigenvalue weighted by atomic mass is 32.2. The third-order valence-electron chi connectivity index (χ3n) is 2.70. The third-order valence-corrected chi connectivity index (χ3v) is 3.84. The molecule has 19 heavy (non-hydrogen) atoms. The van der Waals surface area contributed by atoms with E-state index in [1.165, 1.54) is 18.1 Å². The monoisotopic (exact) mass is 277 g/mol. The van der Waals surface area contributed by atoms with E-state index in [2.05, 4.69) is 10.1 Å². The first-order valence-electron chi connectivity index (χ1n) is 5.80. The molecule has 2 aromatic rings. The third kappa shape index (κ3) is 3.14. The van der Waals surface area contributed by atoms with Crippen LogP contribution in [0.3, 0.4) is 0 Å². The molecule has 0 spiro atoms. The molecule has 1 atom stereocenters. The number of thioether (sulfide) groups is 1. The number of methoxy groups -OCH3 is 1. The topological polar surface area (TPSA) is 57.0 Å². The molecule has 1 aromatic heterocycles. The number of Topliss-reactive ketones (excluding diaryl/α,β-unsaturated/α-hetero) is 1. The molecule has 0 N–H and O–H groups in total. The zero-order valence-electron chi connectivity index (χ0n) is 11.0. The van der Waals surface area contributed by atoms with Crippen molar-refractivity contribution < 1.29 is 9.53 Å². The second-order valence-corrected chi connectivity index (χ2v) is 5.33. The fraction of sp³-hybridized carbons (Fsp3) is 0.308. The predicted octanol–water partition coefficient (Wildman–Crippen LogP) is 2.19. The van der Waals surface area contributed by atoms with Gasteiger partial charge >= 0.3 is 0 Å². The van der Waals surface area contributed by atoms with Gasteiger partial charge in [-0.05, 0) is 31.2 Å². The minimum Gasteiger partial charge on any atom is -0.497 e. The van der Waals surface area contributed by atoms with Crippen LogP contribution in [-0.2, 0) is 7.05 Å². The molecule has 1 aromatic carbocycles. The van der Waals surface area contributed by atoms with E-state index in [1.807, 2.05) is 6.92 Å². The van der Waals surface area contributed by atoms with E-state index in [0.29, 0.717) is 5.56 Å². The maximum atomic E-state index is 12.3. The highest BCUT2D eigenvalue weighted by molar-refractivity contribution is 8.00. The van der Waals surface area contributed by atoms with Gasteiger partial charge < -0.3 is 4.74 Å². The van der Waals surface area contributed by atoms with E-state index in [1.54, 1.807) is 43.1 Å². The van der Waals surface area contributed by atoms with E-state index in [9.17, 15) is 4.79 Å². The molecule has 100 valence electrons. The van der Waals surface area contributed by atoms with Crippen LogP contribution in [0.15, 0.2) is 35.7 Å². The van der Waals surface area contributed by atoms with Crippen molar-refractivity contribution in [3.8, 4) is 5.75 Å². The Kier molecular flexibility index (Phi) is 4.21. The molecule has 2 rings (SSSR count). The van der Waals surface area contributed by atoms with Crippen molar-refractivity contribution in [1.82, 2.24) is 14.8 Å². The molecule has 5 nitrogen and oxygen atoms in total. The summed E-state index contributed by atoms with van der Waals surface area (Å²) < 4.78 is 6.73. The first-order chi connectivity index (χ1) is 9.11. The molecular weight excluding hydrogens is 262 g/mol. The second-order valence-electron chi connectivity index (χ2n) is 4.02. The summed E-state index contributed by atoms with van der Waals surface area (Å²) in [4.78, 5) is 16.4. The van der Waals surface area contributed by atoms with Crippen molar-refractivity contribution in [3.63, 3.8) is 0 Å². The zero-order chi connectivity index (χ0) is 13.8. The van der Waals surface area contributed by atoms with Crippen LogP contribution < -0.4 is 4.74 Å². The molecule has 0 aliphatic heterocycles. The SMILES string of the molecule is COc1ccc(C(=O)C(C)Sc2ncnn2C)cc1. The highest BCUT2D eigenvalue weighted by Gasteiger charge is 2.18. The molecule has 0 saturated carbocycles. The number of ether oxygens (including phenoxy) is 1. The number of rotatable bonds is 5. The van der Waals surface area contributed by atoms with Crippen LogP contribution in [0.4, 0.5) is 0 Å². The number of nitrogens with zero attached hydrogens (tertiary/aromatic N) is 3. The van der Waals surface area contributed by atoms with Gasteiger partial charge in [-0.25, -0.2) is 9.67 Å². The van der Waals surface area contributed by atoms with E-state index in [0.717, 1.165) is 10.9 Å². The fourth-order valence-corrected chi connectivity index (χ4v) is 2.46. The van der Waals surface area contributed by atoms with Gasteiger partial charge in [0.05, 0.1) is 12.4 Å². The van der Waals surface area contributed by atoms with E-state index < -0.39 is 0 Å². The normalized spacial score (nSPS) is 12.2. The first-order valence-corrected chi connectivity index (χ1v) is 6.68. The van der Waals surface area contributed by atoms with Gasteiger partial charge in [-0.15, -0.1) is 0 Å². The van der Waals surface area contributed by atoms with Gasteiger partial charge in [-0.1, -0.05) is 11.8 Å². The smallest absolute Gasteiger partial charge is 0.186 e. The molecule has 6 heteroatoms. The molecule has 0 aliphatic rings. The van der Waals surface area contributed by atoms with Gasteiger partial charge in [0.25, 0.3) is 0 Å². The number of aromatic nitrogens is 3. The molecule has 1 heterocycles. The molecule has 0 radical (unpaired) electrons. The number of benzene rings is 1. The Bertz CT molecular complexity index is 566. The van der Waals surface area contributed by atoms with Crippen molar-refractivity contribution >= 4 is 17.5 Å². The Morgan fingerprint density at radius 1 is 1.37 bits per heavy atom. The Labute approximate surface area is 116 Å². The molecule has 1 unspecified atom stereocenters. The molecule has 0 bridgehead atoms. The van der Waals surface area contributed by atoms with Gasteiger partial charge in [0.15, 0.2) is 10.9 Å². The summed E-state index contributed by atoms with van der Waals surface area (Å²) in [5, 5.41) is 4.50. The molecule has 0 amide bonds. The summed E-state index contributed by atoms with van der Waals surface area (Å²) in [6.45, 7) is 1.87. The lowest BCUT2D eigenvalue weighted by atomic mass is 10.1. The number of carbonyl (C=O) groups is 1. The van der Waals surface area contributed by atoms with Crippen LogP contribution in [0.25, 0.3) is 0 Å². The average molecular weight is 277 g/mol. The molecule has 0 saturated heterocycles. The molecule has 0 aliphatic carbocycles. The number of carbonyl (C=O) groups excluding carboxylic acids is 1. The summed E-state index contributed by atoms with van der Waals surface area (Å²) in [7, 11) is 3.41. The van der Waals surface area contributed by atoms with Gasteiger partial charge in [-0.3, -0.25) is 4.79 Å². The Morgan fingerprint density at radius 2 is 2.05 bits per heavy atom. The first kappa shape index (κ1) is 13.6. The number of aryl methyl sites for hydroxylation is 1. The maximum Gasteiger partial charge on any atom is 0.186 e. The van der Waals surface area contributed by atoms with Gasteiger partial charge in [-0.2, -0.15) is 5.10 Å². The predicted molar refractivity (Wildman–Crippen MR) is 73.6 cm³/mol. The lowest BCUT2D eigenvalue weighted by Crippen LogP contribution is -2.14. The van der Waals surface area contributed by atoms with Crippen molar-refractivity contribution in [3.05, 3.63) is 36.2 Å². The number of hydrogen-bond acceptors (Lipinski definition) is 5. The van der Waals surface area contributed by atoms with Crippen LogP contribution >= 0.6 is 11.8 Å². The lowest BCUT2D eigenvalue weighted by molar-refractivity contribution is 0.0994. The summed E-state index contributed by atoms with van der Waals surface area (Å²) in [5.74, 6) is 0.806. The number of ketones is 1. The van der Waals surface area contributed by atoms with Crippen molar-refractivity contribution in [2.24, 2.45) is 7.05 Å². The summed E-state index contributed by atoms with van der Waals surface area (Å²) >= 11 is 1.40. The summed E-state index contributed by atoms with van der Waals surface area (Å²) in [6.07, 6.45) is 1.48. The van der Waals surface area contributed by atoms with Crippen molar-refractivity contribution in [2.75, 3.05) is 7.11 Å². The van der Waals surface area contributed by atoms with E-state index in [-0.39, 0.29) is 11.0 Å². The number of hydrogen-bond donors (Lipinski definition) is 0. The van der Waals surface area contributed by atoms with Crippen molar-refractivity contribution in [2.45, 2.75) is 17.3 Å². The van der Waals surface area contributed by atoms with E-state index >= 15 is 0 Å². The van der Waals surface area contributed by atoms with Gasteiger partial charge in [0.1, 0.15) is 12.1 Å². The fourth-order valence-electron chi connectivity index (χ4n) is 1.59. The van der Waals surface area contributed by atoms with Gasteiger partial charge in [0, 0.05) is 12.6 Å². The quantitative estimate of drug-likeness (QED) is 0.619.